The highest BCUT2D eigenvalue weighted by Gasteiger charge is 2.31. The molecule has 1 unspecified atom stereocenters. The van der Waals surface area contributed by atoms with Crippen molar-refractivity contribution >= 4 is 5.91 Å². The first-order chi connectivity index (χ1) is 9.45. The van der Waals surface area contributed by atoms with E-state index >= 15 is 0 Å². The van der Waals surface area contributed by atoms with Crippen LogP contribution in [0.5, 0.6) is 11.5 Å². The average Bonchev–Trinajstić information content (AvgIpc) is 2.46. The van der Waals surface area contributed by atoms with Gasteiger partial charge in [0, 0.05) is 6.04 Å². The Hall–Kier alpha value is -1.71. The van der Waals surface area contributed by atoms with E-state index in [0.717, 1.165) is 23.5 Å². The molecule has 1 amide bonds. The summed E-state index contributed by atoms with van der Waals surface area (Å²) in [6, 6.07) is 5.90. The molecule has 1 heterocycles. The van der Waals surface area contributed by atoms with E-state index in [0.29, 0.717) is 13.2 Å². The topological polar surface area (TPSA) is 47.6 Å². The fraction of sp³-hybridized carbons (Fsp3) is 0.562. The molecule has 0 aromatic heterocycles. The number of hydrogen-bond acceptors (Lipinski definition) is 3. The van der Waals surface area contributed by atoms with Crippen molar-refractivity contribution in [3.05, 3.63) is 23.8 Å². The lowest BCUT2D eigenvalue weighted by Gasteiger charge is -2.28. The van der Waals surface area contributed by atoms with E-state index in [-0.39, 0.29) is 11.9 Å². The van der Waals surface area contributed by atoms with Gasteiger partial charge in [-0.25, -0.2) is 0 Å². The summed E-state index contributed by atoms with van der Waals surface area (Å²) in [5.74, 6) is 1.50. The molecule has 0 bridgehead atoms. The summed E-state index contributed by atoms with van der Waals surface area (Å²) >= 11 is 0. The van der Waals surface area contributed by atoms with Crippen LogP contribution < -0.4 is 14.8 Å². The summed E-state index contributed by atoms with van der Waals surface area (Å²) in [4.78, 5) is 12.4. The molecule has 4 nitrogen and oxygen atoms in total. The van der Waals surface area contributed by atoms with E-state index in [4.69, 9.17) is 9.47 Å². The molecule has 1 aliphatic heterocycles. The van der Waals surface area contributed by atoms with E-state index in [1.54, 1.807) is 0 Å². The molecule has 1 aromatic carbocycles. The number of amides is 1. The van der Waals surface area contributed by atoms with Gasteiger partial charge < -0.3 is 14.8 Å². The van der Waals surface area contributed by atoms with Gasteiger partial charge in [-0.15, -0.1) is 0 Å². The number of ether oxygens (including phenoxy) is 2. The van der Waals surface area contributed by atoms with Crippen molar-refractivity contribution in [2.24, 2.45) is 0 Å². The van der Waals surface area contributed by atoms with Crippen LogP contribution in [-0.2, 0) is 10.2 Å². The van der Waals surface area contributed by atoms with Crippen molar-refractivity contribution in [1.29, 1.82) is 0 Å². The highest BCUT2D eigenvalue weighted by molar-refractivity contribution is 5.87. The van der Waals surface area contributed by atoms with Crippen LogP contribution in [0.25, 0.3) is 0 Å². The monoisotopic (exact) mass is 277 g/mol. The predicted molar refractivity (Wildman–Crippen MR) is 78.4 cm³/mol. The highest BCUT2D eigenvalue weighted by atomic mass is 16.6. The van der Waals surface area contributed by atoms with Crippen LogP contribution in [0, 0.1) is 0 Å². The Labute approximate surface area is 120 Å². The molecular formula is C16H23NO3. The maximum absolute atomic E-state index is 12.4. The first-order valence-corrected chi connectivity index (χ1v) is 7.16. The van der Waals surface area contributed by atoms with Gasteiger partial charge in [-0.05, 0) is 44.9 Å². The summed E-state index contributed by atoms with van der Waals surface area (Å²) < 4.78 is 11.1. The second-order valence-electron chi connectivity index (χ2n) is 5.77. The molecule has 0 aliphatic carbocycles. The summed E-state index contributed by atoms with van der Waals surface area (Å²) in [5.41, 5.74) is 0.335. The van der Waals surface area contributed by atoms with Crippen molar-refractivity contribution < 1.29 is 14.3 Å². The number of hydrogen-bond donors (Lipinski definition) is 1. The third-order valence-electron chi connectivity index (χ3n) is 3.82. The number of nitrogens with one attached hydrogen (secondary N) is 1. The van der Waals surface area contributed by atoms with E-state index in [1.807, 2.05) is 39.0 Å². The van der Waals surface area contributed by atoms with Gasteiger partial charge in [0.1, 0.15) is 13.2 Å². The largest absolute Gasteiger partial charge is 0.486 e. The third kappa shape index (κ3) is 2.89. The van der Waals surface area contributed by atoms with E-state index < -0.39 is 5.41 Å². The SMILES string of the molecule is CCC(C)NC(=O)C(C)(C)c1ccc2c(c1)OCCO2. The minimum absolute atomic E-state index is 0.0310. The molecule has 0 spiro atoms. The fourth-order valence-electron chi connectivity index (χ4n) is 2.07. The van der Waals surface area contributed by atoms with Crippen molar-refractivity contribution in [1.82, 2.24) is 5.32 Å². The van der Waals surface area contributed by atoms with Gasteiger partial charge >= 0.3 is 0 Å². The van der Waals surface area contributed by atoms with E-state index in [2.05, 4.69) is 12.2 Å². The van der Waals surface area contributed by atoms with E-state index in [1.165, 1.54) is 0 Å². The lowest BCUT2D eigenvalue weighted by molar-refractivity contribution is -0.126. The first kappa shape index (κ1) is 14.7. The zero-order chi connectivity index (χ0) is 14.8. The van der Waals surface area contributed by atoms with Gasteiger partial charge in [0.15, 0.2) is 11.5 Å². The number of benzene rings is 1. The Bertz CT molecular complexity index is 496. The molecular weight excluding hydrogens is 254 g/mol. The van der Waals surface area contributed by atoms with Crippen molar-refractivity contribution in [2.75, 3.05) is 13.2 Å². The summed E-state index contributed by atoms with van der Waals surface area (Å²) in [7, 11) is 0. The lowest BCUT2D eigenvalue weighted by atomic mass is 9.83. The molecule has 0 fully saturated rings. The van der Waals surface area contributed by atoms with Crippen molar-refractivity contribution in [3.8, 4) is 11.5 Å². The molecule has 1 N–H and O–H groups in total. The summed E-state index contributed by atoms with van der Waals surface area (Å²) in [6.07, 6.45) is 0.920. The number of rotatable bonds is 4. The minimum Gasteiger partial charge on any atom is -0.486 e. The average molecular weight is 277 g/mol. The summed E-state index contributed by atoms with van der Waals surface area (Å²) in [6.45, 7) is 9.05. The van der Waals surface area contributed by atoms with Crippen LogP contribution in [0.1, 0.15) is 39.7 Å². The molecule has 1 aromatic rings. The first-order valence-electron chi connectivity index (χ1n) is 7.16. The van der Waals surface area contributed by atoms with Gasteiger partial charge in [-0.3, -0.25) is 4.79 Å². The second-order valence-corrected chi connectivity index (χ2v) is 5.77. The minimum atomic E-state index is -0.598. The number of fused-ring (bicyclic) bond motifs is 1. The Balaban J connectivity index is 2.22. The predicted octanol–water partition coefficient (Wildman–Crippen LogP) is 2.65. The molecule has 110 valence electrons. The molecule has 0 radical (unpaired) electrons. The summed E-state index contributed by atoms with van der Waals surface area (Å²) in [5, 5.41) is 3.04. The van der Waals surface area contributed by atoms with Gasteiger partial charge in [0.05, 0.1) is 5.41 Å². The van der Waals surface area contributed by atoms with E-state index in [9.17, 15) is 4.79 Å². The molecule has 0 saturated heterocycles. The number of carbonyl (C=O) groups excluding carboxylic acids is 1. The molecule has 1 aliphatic rings. The van der Waals surface area contributed by atoms with Gasteiger partial charge in [-0.1, -0.05) is 13.0 Å². The van der Waals surface area contributed by atoms with Crippen LogP contribution in [0.15, 0.2) is 18.2 Å². The highest BCUT2D eigenvalue weighted by Crippen LogP contribution is 2.35. The maximum Gasteiger partial charge on any atom is 0.230 e. The Morgan fingerprint density at radius 3 is 2.60 bits per heavy atom. The molecule has 4 heteroatoms. The van der Waals surface area contributed by atoms with Crippen LogP contribution in [-0.4, -0.2) is 25.2 Å². The Morgan fingerprint density at radius 1 is 1.30 bits per heavy atom. The normalized spacial score (nSPS) is 15.6. The zero-order valence-corrected chi connectivity index (χ0v) is 12.7. The molecule has 20 heavy (non-hydrogen) atoms. The van der Waals surface area contributed by atoms with Crippen LogP contribution in [0.4, 0.5) is 0 Å². The quantitative estimate of drug-likeness (QED) is 0.920. The van der Waals surface area contributed by atoms with Crippen LogP contribution >= 0.6 is 0 Å². The zero-order valence-electron chi connectivity index (χ0n) is 12.7. The maximum atomic E-state index is 12.4. The van der Waals surface area contributed by atoms with Gasteiger partial charge in [0.2, 0.25) is 5.91 Å². The second kappa shape index (κ2) is 5.73. The molecule has 1 atom stereocenters. The molecule has 2 rings (SSSR count). The van der Waals surface area contributed by atoms with Crippen molar-refractivity contribution in [3.63, 3.8) is 0 Å². The lowest BCUT2D eigenvalue weighted by Crippen LogP contribution is -2.44. The smallest absolute Gasteiger partial charge is 0.230 e. The van der Waals surface area contributed by atoms with Crippen molar-refractivity contribution in [2.45, 2.75) is 45.6 Å². The number of carbonyl (C=O) groups is 1. The fourth-order valence-corrected chi connectivity index (χ4v) is 2.07. The standard InChI is InChI=1S/C16H23NO3/c1-5-11(2)17-15(18)16(3,4)12-6-7-13-14(10-12)20-9-8-19-13/h6-7,10-11H,5,8-9H2,1-4H3,(H,17,18). The van der Waals surface area contributed by atoms with Gasteiger partial charge in [0.25, 0.3) is 0 Å². The Kier molecular flexibility index (Phi) is 4.21. The Morgan fingerprint density at radius 2 is 1.95 bits per heavy atom. The third-order valence-corrected chi connectivity index (χ3v) is 3.82. The van der Waals surface area contributed by atoms with Crippen LogP contribution in [0.2, 0.25) is 0 Å². The molecule has 0 saturated carbocycles. The van der Waals surface area contributed by atoms with Crippen LogP contribution in [0.3, 0.4) is 0 Å². The van der Waals surface area contributed by atoms with Gasteiger partial charge in [-0.2, -0.15) is 0 Å².